The summed E-state index contributed by atoms with van der Waals surface area (Å²) >= 11 is 0. The van der Waals surface area contributed by atoms with E-state index >= 15 is 0 Å². The zero-order valence-electron chi connectivity index (χ0n) is 26.9. The van der Waals surface area contributed by atoms with Crippen LogP contribution in [-0.2, 0) is 0 Å². The fourth-order valence-corrected chi connectivity index (χ4v) is 7.26. The Balaban J connectivity index is 1.35. The maximum atomic E-state index is 6.38. The summed E-state index contributed by atoms with van der Waals surface area (Å²) in [5.74, 6) is 1.85. The van der Waals surface area contributed by atoms with Crippen molar-refractivity contribution in [3.63, 3.8) is 0 Å². The summed E-state index contributed by atoms with van der Waals surface area (Å²) in [6, 6.07) is 58.4. The molecular formula is C45H28N4O. The van der Waals surface area contributed by atoms with Crippen LogP contribution < -0.4 is 0 Å². The molecule has 0 unspecified atom stereocenters. The quantitative estimate of drug-likeness (QED) is 0.188. The summed E-state index contributed by atoms with van der Waals surface area (Å²) < 4.78 is 8.77. The van der Waals surface area contributed by atoms with E-state index in [4.69, 9.17) is 19.4 Å². The third kappa shape index (κ3) is 4.45. The highest BCUT2D eigenvalue weighted by Crippen LogP contribution is 2.44. The lowest BCUT2D eigenvalue weighted by Crippen LogP contribution is -2.05. The van der Waals surface area contributed by atoms with Crippen molar-refractivity contribution in [3.05, 3.63) is 170 Å². The Morgan fingerprint density at radius 1 is 0.360 bits per heavy atom. The van der Waals surface area contributed by atoms with Gasteiger partial charge >= 0.3 is 0 Å². The highest BCUT2D eigenvalue weighted by Gasteiger charge is 2.24. The molecule has 234 valence electrons. The Labute approximate surface area is 287 Å². The van der Waals surface area contributed by atoms with Crippen LogP contribution in [-0.4, -0.2) is 19.5 Å². The van der Waals surface area contributed by atoms with Gasteiger partial charge in [-0.1, -0.05) is 140 Å². The van der Waals surface area contributed by atoms with Crippen LogP contribution >= 0.6 is 0 Å². The first-order chi connectivity index (χ1) is 24.8. The van der Waals surface area contributed by atoms with Crippen molar-refractivity contribution in [1.82, 2.24) is 19.5 Å². The van der Waals surface area contributed by atoms with Gasteiger partial charge in [0, 0.05) is 43.8 Å². The predicted molar refractivity (Wildman–Crippen MR) is 203 cm³/mol. The number of fused-ring (bicyclic) bond motifs is 7. The third-order valence-corrected chi connectivity index (χ3v) is 9.46. The predicted octanol–water partition coefficient (Wildman–Crippen LogP) is 11.5. The van der Waals surface area contributed by atoms with E-state index in [1.54, 1.807) is 0 Å². The van der Waals surface area contributed by atoms with E-state index in [9.17, 15) is 0 Å². The van der Waals surface area contributed by atoms with Crippen molar-refractivity contribution in [2.75, 3.05) is 0 Å². The molecule has 10 aromatic rings. The summed E-state index contributed by atoms with van der Waals surface area (Å²) in [6.45, 7) is 0. The molecule has 0 spiro atoms. The second-order valence-corrected chi connectivity index (χ2v) is 12.4. The van der Waals surface area contributed by atoms with Gasteiger partial charge in [0.15, 0.2) is 17.5 Å². The summed E-state index contributed by atoms with van der Waals surface area (Å²) in [7, 11) is 0. The highest BCUT2D eigenvalue weighted by molar-refractivity contribution is 6.27. The fraction of sp³-hybridized carbons (Fsp3) is 0. The van der Waals surface area contributed by atoms with Crippen LogP contribution in [0.4, 0.5) is 0 Å². The second kappa shape index (κ2) is 11.4. The number of nitrogens with zero attached hydrogens (tertiary/aromatic N) is 4. The zero-order valence-corrected chi connectivity index (χ0v) is 26.9. The number of rotatable bonds is 5. The molecule has 0 aliphatic carbocycles. The minimum atomic E-state index is 0.603. The first-order valence-electron chi connectivity index (χ1n) is 16.7. The Kier molecular flexibility index (Phi) is 6.42. The average molecular weight is 641 g/mol. The van der Waals surface area contributed by atoms with Gasteiger partial charge in [0.05, 0.1) is 16.7 Å². The van der Waals surface area contributed by atoms with E-state index in [1.165, 1.54) is 0 Å². The third-order valence-electron chi connectivity index (χ3n) is 9.46. The molecule has 7 aromatic carbocycles. The lowest BCUT2D eigenvalue weighted by Gasteiger charge is -2.19. The Morgan fingerprint density at radius 3 is 1.62 bits per heavy atom. The Hall–Kier alpha value is -6.85. The maximum Gasteiger partial charge on any atom is 0.166 e. The standard InChI is InChI=1S/C45H28N4O/c1-4-15-29(16-5-1)32-23-14-24-35(45-47-43(30-17-6-2-7-18-30)46-44(48-45)31-19-8-3-9-20-31)42(32)49-36-25-12-10-21-33(36)40-37(49)27-28-39-41(40)34-22-11-13-26-38(34)50-39/h1-28H. The summed E-state index contributed by atoms with van der Waals surface area (Å²) in [4.78, 5) is 15.4. The van der Waals surface area contributed by atoms with Gasteiger partial charge in [-0.05, 0) is 35.9 Å². The smallest absolute Gasteiger partial charge is 0.166 e. The minimum Gasteiger partial charge on any atom is -0.456 e. The van der Waals surface area contributed by atoms with Gasteiger partial charge in [-0.25, -0.2) is 15.0 Å². The van der Waals surface area contributed by atoms with Gasteiger partial charge in [0.25, 0.3) is 0 Å². The first kappa shape index (κ1) is 28.2. The molecule has 3 heterocycles. The molecule has 0 aliphatic heterocycles. The van der Waals surface area contributed by atoms with Crippen LogP contribution in [0.15, 0.2) is 174 Å². The molecule has 0 aliphatic rings. The number of hydrogen-bond acceptors (Lipinski definition) is 4. The minimum absolute atomic E-state index is 0.603. The first-order valence-corrected chi connectivity index (χ1v) is 16.7. The SMILES string of the molecule is c1ccc(-c2nc(-c3ccccc3)nc(-c3cccc(-c4ccccc4)c3-n3c4ccccc4c4c5c(ccc43)oc3ccccc35)n2)cc1. The van der Waals surface area contributed by atoms with E-state index in [2.05, 4.69) is 102 Å². The molecule has 0 amide bonds. The molecule has 5 heteroatoms. The summed E-state index contributed by atoms with van der Waals surface area (Å²) in [6.07, 6.45) is 0. The molecule has 0 N–H and O–H groups in total. The molecule has 0 radical (unpaired) electrons. The van der Waals surface area contributed by atoms with Gasteiger partial charge in [0.2, 0.25) is 0 Å². The van der Waals surface area contributed by atoms with Crippen molar-refractivity contribution in [2.45, 2.75) is 0 Å². The van der Waals surface area contributed by atoms with Crippen LogP contribution in [0, 0.1) is 0 Å². The normalized spacial score (nSPS) is 11.6. The van der Waals surface area contributed by atoms with Crippen LogP contribution in [0.3, 0.4) is 0 Å². The van der Waals surface area contributed by atoms with E-state index in [-0.39, 0.29) is 0 Å². The van der Waals surface area contributed by atoms with E-state index < -0.39 is 0 Å². The number of para-hydroxylation sites is 3. The second-order valence-electron chi connectivity index (χ2n) is 12.4. The van der Waals surface area contributed by atoms with Crippen molar-refractivity contribution in [1.29, 1.82) is 0 Å². The maximum absolute atomic E-state index is 6.38. The van der Waals surface area contributed by atoms with Crippen LogP contribution in [0.25, 0.3) is 94.7 Å². The van der Waals surface area contributed by atoms with Gasteiger partial charge in [-0.15, -0.1) is 0 Å². The number of hydrogen-bond donors (Lipinski definition) is 0. The molecule has 0 bridgehead atoms. The van der Waals surface area contributed by atoms with Crippen molar-refractivity contribution in [3.8, 4) is 51.0 Å². The fourth-order valence-electron chi connectivity index (χ4n) is 7.26. The van der Waals surface area contributed by atoms with Gasteiger partial charge in [-0.2, -0.15) is 0 Å². The van der Waals surface area contributed by atoms with Gasteiger partial charge < -0.3 is 8.98 Å². The molecule has 0 saturated carbocycles. The van der Waals surface area contributed by atoms with Crippen LogP contribution in [0.2, 0.25) is 0 Å². The van der Waals surface area contributed by atoms with Gasteiger partial charge in [-0.3, -0.25) is 0 Å². The van der Waals surface area contributed by atoms with Crippen molar-refractivity contribution >= 4 is 43.7 Å². The molecule has 10 rings (SSSR count). The lowest BCUT2D eigenvalue weighted by atomic mass is 9.98. The molecule has 0 saturated heterocycles. The molecule has 0 fully saturated rings. The number of benzene rings is 7. The largest absolute Gasteiger partial charge is 0.456 e. The van der Waals surface area contributed by atoms with E-state index in [0.29, 0.717) is 17.5 Å². The van der Waals surface area contributed by atoms with E-state index in [1.807, 2.05) is 72.8 Å². The van der Waals surface area contributed by atoms with Crippen molar-refractivity contribution < 1.29 is 4.42 Å². The Morgan fingerprint density at radius 2 is 0.920 bits per heavy atom. The average Bonchev–Trinajstić information content (AvgIpc) is 3.74. The van der Waals surface area contributed by atoms with Crippen molar-refractivity contribution in [2.24, 2.45) is 0 Å². The number of aromatic nitrogens is 4. The van der Waals surface area contributed by atoms with Crippen LogP contribution in [0.5, 0.6) is 0 Å². The molecular weight excluding hydrogens is 613 g/mol. The molecule has 3 aromatic heterocycles. The molecule has 5 nitrogen and oxygen atoms in total. The molecule has 0 atom stereocenters. The summed E-state index contributed by atoms with van der Waals surface area (Å²) in [5.41, 5.74) is 9.86. The molecule has 50 heavy (non-hydrogen) atoms. The highest BCUT2D eigenvalue weighted by atomic mass is 16.3. The topological polar surface area (TPSA) is 56.7 Å². The van der Waals surface area contributed by atoms with Crippen LogP contribution in [0.1, 0.15) is 0 Å². The Bertz CT molecular complexity index is 2800. The number of furan rings is 1. The monoisotopic (exact) mass is 640 g/mol. The summed E-state index contributed by atoms with van der Waals surface area (Å²) in [5, 5.41) is 4.52. The van der Waals surface area contributed by atoms with E-state index in [0.717, 1.165) is 77.2 Å². The zero-order chi connectivity index (χ0) is 33.0. The van der Waals surface area contributed by atoms with Gasteiger partial charge in [0.1, 0.15) is 11.2 Å². The lowest BCUT2D eigenvalue weighted by molar-refractivity contribution is 0.669.